The summed E-state index contributed by atoms with van der Waals surface area (Å²) >= 11 is 1.80. The number of hydrogen-bond donors (Lipinski definition) is 2. The number of thiophene rings is 1. The average Bonchev–Trinajstić information content (AvgIpc) is 3.23. The molecule has 32 heavy (non-hydrogen) atoms. The predicted octanol–water partition coefficient (Wildman–Crippen LogP) is 6.22. The van der Waals surface area contributed by atoms with Crippen LogP contribution in [0.5, 0.6) is 0 Å². The molecule has 2 N–H and O–H groups in total. The first-order valence-corrected chi connectivity index (χ1v) is 11.4. The molecule has 0 unspecified atom stereocenters. The van der Waals surface area contributed by atoms with Crippen molar-refractivity contribution in [2.24, 2.45) is 0 Å². The zero-order chi connectivity index (χ0) is 21.7. The van der Waals surface area contributed by atoms with Crippen LogP contribution in [0.1, 0.15) is 0 Å². The largest absolute Gasteiger partial charge is 0.488 e. The lowest BCUT2D eigenvalue weighted by Crippen LogP contribution is -2.29. The molecule has 0 radical (unpaired) electrons. The number of fused-ring (bicyclic) bond motifs is 4. The smallest absolute Gasteiger partial charge is 0.423 e. The van der Waals surface area contributed by atoms with E-state index in [-0.39, 0.29) is 0 Å². The van der Waals surface area contributed by atoms with Gasteiger partial charge in [-0.15, -0.1) is 11.3 Å². The summed E-state index contributed by atoms with van der Waals surface area (Å²) in [5.74, 6) is 0. The molecule has 0 fully saturated rings. The van der Waals surface area contributed by atoms with Gasteiger partial charge < -0.3 is 10.0 Å². The molecule has 2 nitrogen and oxygen atoms in total. The van der Waals surface area contributed by atoms with Crippen molar-refractivity contribution < 1.29 is 10.0 Å². The van der Waals surface area contributed by atoms with Gasteiger partial charge in [0, 0.05) is 20.2 Å². The molecular weight excluding hydrogens is 411 g/mol. The van der Waals surface area contributed by atoms with Crippen LogP contribution in [0.2, 0.25) is 0 Å². The van der Waals surface area contributed by atoms with Crippen molar-refractivity contribution in [3.05, 3.63) is 103 Å². The quantitative estimate of drug-likeness (QED) is 0.327. The summed E-state index contributed by atoms with van der Waals surface area (Å²) in [7, 11) is -1.48. The minimum Gasteiger partial charge on any atom is -0.423 e. The molecule has 0 atom stereocenters. The Bertz CT molecular complexity index is 1620. The number of hydrogen-bond acceptors (Lipinski definition) is 3. The van der Waals surface area contributed by atoms with Gasteiger partial charge in [-0.3, -0.25) is 0 Å². The average molecular weight is 430 g/mol. The van der Waals surface area contributed by atoms with E-state index in [9.17, 15) is 10.0 Å². The molecular formula is C28H19BO2S. The molecule has 0 saturated carbocycles. The summed E-state index contributed by atoms with van der Waals surface area (Å²) in [6.07, 6.45) is 0. The highest BCUT2D eigenvalue weighted by Gasteiger charge is 2.16. The zero-order valence-corrected chi connectivity index (χ0v) is 18.0. The van der Waals surface area contributed by atoms with E-state index < -0.39 is 7.12 Å². The van der Waals surface area contributed by atoms with Gasteiger partial charge in [-0.25, -0.2) is 0 Å². The van der Waals surface area contributed by atoms with Crippen molar-refractivity contribution in [1.29, 1.82) is 0 Å². The molecule has 0 amide bonds. The highest BCUT2D eigenvalue weighted by molar-refractivity contribution is 7.26. The molecule has 5 aromatic carbocycles. The molecule has 0 aliphatic carbocycles. The molecule has 6 aromatic rings. The Hall–Kier alpha value is -3.44. The fourth-order valence-electron chi connectivity index (χ4n) is 4.50. The summed E-state index contributed by atoms with van der Waals surface area (Å²) in [4.78, 5) is 0. The van der Waals surface area contributed by atoms with Crippen LogP contribution >= 0.6 is 11.3 Å². The molecule has 1 aromatic heterocycles. The van der Waals surface area contributed by atoms with Gasteiger partial charge in [-0.05, 0) is 44.6 Å². The van der Waals surface area contributed by atoms with Gasteiger partial charge in [0.1, 0.15) is 0 Å². The minimum atomic E-state index is -1.48. The lowest BCUT2D eigenvalue weighted by molar-refractivity contribution is 0.426. The van der Waals surface area contributed by atoms with Crippen LogP contribution in [0, 0.1) is 0 Å². The fourth-order valence-corrected chi connectivity index (χ4v) is 5.87. The standard InChI is InChI=1S/C28H19BO2S/c30-29(31)22-9-3-8-20(17-22)23-10-4-12-25-26-13-5-11-24(28(26)32-27(23)25)21-15-14-18-6-1-2-7-19(18)16-21/h1-17,30-31H. The van der Waals surface area contributed by atoms with E-state index in [1.54, 1.807) is 17.4 Å². The first-order valence-electron chi connectivity index (χ1n) is 10.6. The number of rotatable bonds is 3. The van der Waals surface area contributed by atoms with E-state index in [4.69, 9.17) is 0 Å². The molecule has 4 heteroatoms. The van der Waals surface area contributed by atoms with Gasteiger partial charge in [0.25, 0.3) is 0 Å². The second kappa shape index (κ2) is 7.61. The highest BCUT2D eigenvalue weighted by atomic mass is 32.1. The topological polar surface area (TPSA) is 40.5 Å². The van der Waals surface area contributed by atoms with E-state index in [1.807, 2.05) is 18.2 Å². The molecule has 0 bridgehead atoms. The lowest BCUT2D eigenvalue weighted by atomic mass is 9.79. The maximum atomic E-state index is 9.62. The van der Waals surface area contributed by atoms with Gasteiger partial charge in [0.15, 0.2) is 0 Å². The Morgan fingerprint density at radius 3 is 1.84 bits per heavy atom. The third-order valence-corrected chi connectivity index (χ3v) is 7.37. The van der Waals surface area contributed by atoms with Gasteiger partial charge in [0.05, 0.1) is 0 Å². The summed E-state index contributed by atoms with van der Waals surface area (Å²) in [6.45, 7) is 0. The van der Waals surface area contributed by atoms with Crippen molar-refractivity contribution >= 4 is 54.9 Å². The van der Waals surface area contributed by atoms with Crippen molar-refractivity contribution in [1.82, 2.24) is 0 Å². The normalized spacial score (nSPS) is 11.4. The van der Waals surface area contributed by atoms with Gasteiger partial charge in [-0.1, -0.05) is 97.1 Å². The van der Waals surface area contributed by atoms with E-state index in [0.717, 1.165) is 11.1 Å². The zero-order valence-electron chi connectivity index (χ0n) is 17.2. The predicted molar refractivity (Wildman–Crippen MR) is 138 cm³/mol. The van der Waals surface area contributed by atoms with Crippen LogP contribution in [-0.4, -0.2) is 17.2 Å². The summed E-state index contributed by atoms with van der Waals surface area (Å²) < 4.78 is 2.48. The van der Waals surface area contributed by atoms with Gasteiger partial charge >= 0.3 is 7.12 Å². The maximum absolute atomic E-state index is 9.62. The summed E-state index contributed by atoms with van der Waals surface area (Å²) in [5.41, 5.74) is 5.04. The second-order valence-electron chi connectivity index (χ2n) is 8.03. The third kappa shape index (κ3) is 3.12. The van der Waals surface area contributed by atoms with Crippen LogP contribution in [0.15, 0.2) is 103 Å². The van der Waals surface area contributed by atoms with Crippen LogP contribution in [-0.2, 0) is 0 Å². The first-order chi connectivity index (χ1) is 15.7. The van der Waals surface area contributed by atoms with Crippen molar-refractivity contribution in [2.45, 2.75) is 0 Å². The van der Waals surface area contributed by atoms with Crippen LogP contribution < -0.4 is 5.46 Å². The van der Waals surface area contributed by atoms with E-state index in [1.165, 1.54) is 42.1 Å². The van der Waals surface area contributed by atoms with Gasteiger partial charge in [-0.2, -0.15) is 0 Å². The van der Waals surface area contributed by atoms with Crippen molar-refractivity contribution in [3.8, 4) is 22.3 Å². The fraction of sp³-hybridized carbons (Fsp3) is 0. The SMILES string of the molecule is OB(O)c1cccc(-c2cccc3c2sc2c(-c4ccc5ccccc5c4)cccc23)c1. The van der Waals surface area contributed by atoms with Crippen LogP contribution in [0.4, 0.5) is 0 Å². The van der Waals surface area contributed by atoms with E-state index in [0.29, 0.717) is 5.46 Å². The summed E-state index contributed by atoms with van der Waals surface area (Å²) in [6, 6.07) is 35.5. The number of benzene rings is 5. The third-order valence-electron chi connectivity index (χ3n) is 6.08. The van der Waals surface area contributed by atoms with Crippen LogP contribution in [0.25, 0.3) is 53.2 Å². The molecule has 0 saturated heterocycles. The minimum absolute atomic E-state index is 0.498. The Labute approximate surface area is 190 Å². The maximum Gasteiger partial charge on any atom is 0.488 e. The van der Waals surface area contributed by atoms with E-state index in [2.05, 4.69) is 78.9 Å². The molecule has 0 spiro atoms. The molecule has 6 rings (SSSR count). The van der Waals surface area contributed by atoms with E-state index >= 15 is 0 Å². The molecule has 0 aliphatic heterocycles. The first kappa shape index (κ1) is 19.3. The monoisotopic (exact) mass is 430 g/mol. The van der Waals surface area contributed by atoms with Crippen LogP contribution in [0.3, 0.4) is 0 Å². The molecule has 0 aliphatic rings. The Morgan fingerprint density at radius 2 is 1.16 bits per heavy atom. The second-order valence-corrected chi connectivity index (χ2v) is 9.05. The molecule has 152 valence electrons. The Kier molecular flexibility index (Phi) is 4.58. The lowest BCUT2D eigenvalue weighted by Gasteiger charge is -2.06. The molecule has 1 heterocycles. The van der Waals surface area contributed by atoms with Gasteiger partial charge in [0.2, 0.25) is 0 Å². The van der Waals surface area contributed by atoms with Crippen molar-refractivity contribution in [2.75, 3.05) is 0 Å². The Morgan fingerprint density at radius 1 is 0.531 bits per heavy atom. The Balaban J connectivity index is 1.59. The highest BCUT2D eigenvalue weighted by Crippen LogP contribution is 2.43. The summed E-state index contributed by atoms with van der Waals surface area (Å²) in [5, 5.41) is 24.2. The van der Waals surface area contributed by atoms with Crippen molar-refractivity contribution in [3.63, 3.8) is 0 Å².